The quantitative estimate of drug-likeness (QED) is 0.855. The predicted molar refractivity (Wildman–Crippen MR) is 70.2 cm³/mol. The Hall–Kier alpha value is -1.35. The van der Waals surface area contributed by atoms with Crippen LogP contribution in [0.3, 0.4) is 0 Å². The lowest BCUT2D eigenvalue weighted by atomic mass is 10.1. The molecule has 3 heteroatoms. The van der Waals surface area contributed by atoms with Gasteiger partial charge in [0.15, 0.2) is 0 Å². The number of fused-ring (bicyclic) bond motifs is 1. The number of hydrogen-bond acceptors (Lipinski definition) is 2. The second kappa shape index (κ2) is 4.15. The zero-order chi connectivity index (χ0) is 11.8. The van der Waals surface area contributed by atoms with E-state index < -0.39 is 0 Å². The maximum Gasteiger partial charge on any atom is 0.111 e. The van der Waals surface area contributed by atoms with Gasteiger partial charge in [-0.2, -0.15) is 0 Å². The van der Waals surface area contributed by atoms with Gasteiger partial charge in [-0.05, 0) is 37.9 Å². The number of aryl methyl sites for hydroxylation is 2. The molecule has 1 unspecified atom stereocenters. The van der Waals surface area contributed by atoms with Crippen LogP contribution in [0.1, 0.15) is 24.2 Å². The number of benzene rings is 1. The SMILES string of the molecule is Cc1cccc2c1nc(CC1CCCN1)n2C. The number of nitrogens with one attached hydrogen (secondary N) is 1. The Labute approximate surface area is 102 Å². The highest BCUT2D eigenvalue weighted by Gasteiger charge is 2.18. The van der Waals surface area contributed by atoms with Crippen LogP contribution in [0.25, 0.3) is 11.0 Å². The first kappa shape index (κ1) is 10.8. The third kappa shape index (κ3) is 1.84. The fourth-order valence-electron chi connectivity index (χ4n) is 2.74. The molecule has 1 atom stereocenters. The van der Waals surface area contributed by atoms with Crippen LogP contribution in [0.2, 0.25) is 0 Å². The van der Waals surface area contributed by atoms with Crippen molar-refractivity contribution in [3.63, 3.8) is 0 Å². The minimum Gasteiger partial charge on any atom is -0.331 e. The van der Waals surface area contributed by atoms with E-state index in [-0.39, 0.29) is 0 Å². The number of para-hydroxylation sites is 1. The van der Waals surface area contributed by atoms with Gasteiger partial charge in [0.1, 0.15) is 5.82 Å². The standard InChI is InChI=1S/C14H19N3/c1-10-5-3-7-12-14(10)16-13(17(12)2)9-11-6-4-8-15-11/h3,5,7,11,15H,4,6,8-9H2,1-2H3. The molecule has 90 valence electrons. The van der Waals surface area contributed by atoms with E-state index in [1.165, 1.54) is 29.7 Å². The first-order valence-corrected chi connectivity index (χ1v) is 6.40. The van der Waals surface area contributed by atoms with E-state index in [4.69, 9.17) is 4.98 Å². The van der Waals surface area contributed by atoms with Gasteiger partial charge in [0.2, 0.25) is 0 Å². The second-order valence-corrected chi connectivity index (χ2v) is 5.03. The summed E-state index contributed by atoms with van der Waals surface area (Å²) in [5.41, 5.74) is 3.67. The lowest BCUT2D eigenvalue weighted by Gasteiger charge is -2.09. The number of aromatic nitrogens is 2. The molecule has 0 saturated carbocycles. The van der Waals surface area contributed by atoms with Gasteiger partial charge >= 0.3 is 0 Å². The van der Waals surface area contributed by atoms with Crippen LogP contribution in [-0.2, 0) is 13.5 Å². The highest BCUT2D eigenvalue weighted by Crippen LogP contribution is 2.20. The summed E-state index contributed by atoms with van der Waals surface area (Å²) < 4.78 is 2.24. The Morgan fingerprint density at radius 1 is 1.47 bits per heavy atom. The van der Waals surface area contributed by atoms with Gasteiger partial charge in [-0.1, -0.05) is 12.1 Å². The zero-order valence-electron chi connectivity index (χ0n) is 10.5. The fourth-order valence-corrected chi connectivity index (χ4v) is 2.74. The summed E-state index contributed by atoms with van der Waals surface area (Å²) in [6.07, 6.45) is 3.63. The Kier molecular flexibility index (Phi) is 2.63. The molecule has 0 radical (unpaired) electrons. The monoisotopic (exact) mass is 229 g/mol. The predicted octanol–water partition coefficient (Wildman–Crippen LogP) is 2.18. The van der Waals surface area contributed by atoms with E-state index >= 15 is 0 Å². The molecule has 3 rings (SSSR count). The molecule has 0 aliphatic carbocycles. The second-order valence-electron chi connectivity index (χ2n) is 5.03. The van der Waals surface area contributed by atoms with Gasteiger partial charge in [-0.15, -0.1) is 0 Å². The van der Waals surface area contributed by atoms with Crippen LogP contribution in [0.5, 0.6) is 0 Å². The lowest BCUT2D eigenvalue weighted by Crippen LogP contribution is -2.25. The number of hydrogen-bond donors (Lipinski definition) is 1. The van der Waals surface area contributed by atoms with Gasteiger partial charge in [0.25, 0.3) is 0 Å². The summed E-state index contributed by atoms with van der Waals surface area (Å²) in [5.74, 6) is 1.20. The first-order chi connectivity index (χ1) is 8.25. The van der Waals surface area contributed by atoms with Crippen molar-refractivity contribution in [2.75, 3.05) is 6.54 Å². The third-order valence-electron chi connectivity index (χ3n) is 3.80. The first-order valence-electron chi connectivity index (χ1n) is 6.40. The largest absolute Gasteiger partial charge is 0.331 e. The molecule has 1 N–H and O–H groups in total. The van der Waals surface area contributed by atoms with Crippen LogP contribution < -0.4 is 5.32 Å². The molecule has 1 aromatic heterocycles. The van der Waals surface area contributed by atoms with E-state index in [1.807, 2.05) is 0 Å². The van der Waals surface area contributed by atoms with E-state index in [0.29, 0.717) is 6.04 Å². The minimum absolute atomic E-state index is 0.616. The molecule has 1 saturated heterocycles. The van der Waals surface area contributed by atoms with Crippen LogP contribution in [0, 0.1) is 6.92 Å². The molecule has 1 aliphatic heterocycles. The summed E-state index contributed by atoms with van der Waals surface area (Å²) in [6.45, 7) is 3.29. The maximum absolute atomic E-state index is 4.80. The molecular formula is C14H19N3. The van der Waals surface area contributed by atoms with Crippen molar-refractivity contribution >= 4 is 11.0 Å². The van der Waals surface area contributed by atoms with Gasteiger partial charge in [-0.3, -0.25) is 0 Å². The Balaban J connectivity index is 1.99. The fraction of sp³-hybridized carbons (Fsp3) is 0.500. The highest BCUT2D eigenvalue weighted by molar-refractivity contribution is 5.79. The molecule has 1 aliphatic rings. The van der Waals surface area contributed by atoms with Crippen molar-refractivity contribution in [2.24, 2.45) is 7.05 Å². The van der Waals surface area contributed by atoms with Gasteiger partial charge in [0.05, 0.1) is 11.0 Å². The Morgan fingerprint density at radius 2 is 2.35 bits per heavy atom. The minimum atomic E-state index is 0.616. The summed E-state index contributed by atoms with van der Waals surface area (Å²) in [5, 5.41) is 3.54. The molecule has 0 bridgehead atoms. The molecule has 3 nitrogen and oxygen atoms in total. The van der Waals surface area contributed by atoms with Crippen molar-refractivity contribution in [2.45, 2.75) is 32.2 Å². The summed E-state index contributed by atoms with van der Waals surface area (Å²) in [6, 6.07) is 7.01. The van der Waals surface area contributed by atoms with E-state index in [0.717, 1.165) is 18.5 Å². The van der Waals surface area contributed by atoms with E-state index in [1.54, 1.807) is 0 Å². The van der Waals surface area contributed by atoms with Crippen molar-refractivity contribution in [1.29, 1.82) is 0 Å². The van der Waals surface area contributed by atoms with Gasteiger partial charge < -0.3 is 9.88 Å². The normalized spacial score (nSPS) is 20.2. The smallest absolute Gasteiger partial charge is 0.111 e. The van der Waals surface area contributed by atoms with Crippen LogP contribution in [0.4, 0.5) is 0 Å². The Bertz CT molecular complexity index is 536. The topological polar surface area (TPSA) is 29.9 Å². The number of nitrogens with zero attached hydrogens (tertiary/aromatic N) is 2. The van der Waals surface area contributed by atoms with Gasteiger partial charge in [-0.25, -0.2) is 4.98 Å². The third-order valence-corrected chi connectivity index (χ3v) is 3.80. The van der Waals surface area contributed by atoms with Crippen molar-refractivity contribution < 1.29 is 0 Å². The van der Waals surface area contributed by atoms with Gasteiger partial charge in [0, 0.05) is 19.5 Å². The van der Waals surface area contributed by atoms with Crippen molar-refractivity contribution in [3.8, 4) is 0 Å². The summed E-state index contributed by atoms with van der Waals surface area (Å²) in [7, 11) is 2.12. The Morgan fingerprint density at radius 3 is 3.06 bits per heavy atom. The molecule has 17 heavy (non-hydrogen) atoms. The average Bonchev–Trinajstić information content (AvgIpc) is 2.92. The highest BCUT2D eigenvalue weighted by atomic mass is 15.1. The molecular weight excluding hydrogens is 210 g/mol. The average molecular weight is 229 g/mol. The maximum atomic E-state index is 4.80. The van der Waals surface area contributed by atoms with Crippen molar-refractivity contribution in [1.82, 2.24) is 14.9 Å². The van der Waals surface area contributed by atoms with Crippen molar-refractivity contribution in [3.05, 3.63) is 29.6 Å². The number of rotatable bonds is 2. The summed E-state index contributed by atoms with van der Waals surface area (Å²) in [4.78, 5) is 4.80. The molecule has 1 aromatic carbocycles. The number of imidazole rings is 1. The molecule has 1 fully saturated rings. The van der Waals surface area contributed by atoms with Crippen LogP contribution in [-0.4, -0.2) is 22.1 Å². The van der Waals surface area contributed by atoms with Crippen LogP contribution >= 0.6 is 0 Å². The molecule has 0 spiro atoms. The zero-order valence-corrected chi connectivity index (χ0v) is 10.5. The van der Waals surface area contributed by atoms with E-state index in [2.05, 4.69) is 42.1 Å². The van der Waals surface area contributed by atoms with E-state index in [9.17, 15) is 0 Å². The molecule has 2 heterocycles. The lowest BCUT2D eigenvalue weighted by molar-refractivity contribution is 0.575. The molecule has 0 amide bonds. The summed E-state index contributed by atoms with van der Waals surface area (Å²) >= 11 is 0. The van der Waals surface area contributed by atoms with Crippen LogP contribution in [0.15, 0.2) is 18.2 Å². The molecule has 2 aromatic rings.